The number of hydrogen-bond donors (Lipinski definition) is 1. The Morgan fingerprint density at radius 2 is 2.00 bits per heavy atom. The summed E-state index contributed by atoms with van der Waals surface area (Å²) in [7, 11) is 1.70. The highest BCUT2D eigenvalue weighted by Gasteiger charge is 2.32. The molecule has 1 aromatic carbocycles. The van der Waals surface area contributed by atoms with Crippen LogP contribution in [0.25, 0.3) is 0 Å². The molecule has 2 aromatic rings. The molecular formula is C24H33N3O2. The third-order valence-electron chi connectivity index (χ3n) is 6.61. The van der Waals surface area contributed by atoms with Gasteiger partial charge in [0.1, 0.15) is 0 Å². The number of carbonyl (C=O) groups is 1. The summed E-state index contributed by atoms with van der Waals surface area (Å²) in [5.41, 5.74) is 4.74. The third-order valence-corrected chi connectivity index (χ3v) is 6.61. The van der Waals surface area contributed by atoms with Gasteiger partial charge in [-0.3, -0.25) is 9.69 Å². The van der Waals surface area contributed by atoms with Crippen molar-refractivity contribution in [3.63, 3.8) is 0 Å². The summed E-state index contributed by atoms with van der Waals surface area (Å²) in [5, 5.41) is 0. The maximum absolute atomic E-state index is 13.1. The number of hydrogen-bond acceptors (Lipinski definition) is 3. The molecule has 4 rings (SSSR count). The Morgan fingerprint density at radius 3 is 2.66 bits per heavy atom. The van der Waals surface area contributed by atoms with Crippen molar-refractivity contribution in [3.8, 4) is 0 Å². The van der Waals surface area contributed by atoms with Crippen LogP contribution in [0, 0.1) is 12.8 Å². The van der Waals surface area contributed by atoms with Crippen molar-refractivity contribution in [1.29, 1.82) is 0 Å². The number of H-pyrrole nitrogens is 1. The fourth-order valence-corrected chi connectivity index (χ4v) is 5.02. The van der Waals surface area contributed by atoms with Crippen molar-refractivity contribution in [2.45, 2.75) is 38.6 Å². The van der Waals surface area contributed by atoms with Crippen LogP contribution in [0.2, 0.25) is 0 Å². The van der Waals surface area contributed by atoms with Gasteiger partial charge in [0.05, 0.1) is 12.2 Å². The number of ether oxygens (including phenoxy) is 1. The lowest BCUT2D eigenvalue weighted by Crippen LogP contribution is -2.47. The fraction of sp³-hybridized carbons (Fsp3) is 0.542. The summed E-state index contributed by atoms with van der Waals surface area (Å²) < 4.78 is 5.29. The lowest BCUT2D eigenvalue weighted by atomic mass is 9.95. The first-order chi connectivity index (χ1) is 14.2. The van der Waals surface area contributed by atoms with E-state index in [-0.39, 0.29) is 5.91 Å². The van der Waals surface area contributed by atoms with Crippen molar-refractivity contribution in [1.82, 2.24) is 14.8 Å². The van der Waals surface area contributed by atoms with Gasteiger partial charge in [0, 0.05) is 44.7 Å². The van der Waals surface area contributed by atoms with E-state index >= 15 is 0 Å². The molecule has 0 radical (unpaired) electrons. The van der Waals surface area contributed by atoms with Crippen LogP contribution in [0.5, 0.6) is 0 Å². The number of aromatic amines is 1. The Bertz CT molecular complexity index is 806. The normalized spacial score (nSPS) is 20.0. The largest absolute Gasteiger partial charge is 0.383 e. The highest BCUT2D eigenvalue weighted by molar-refractivity contribution is 5.95. The van der Waals surface area contributed by atoms with Gasteiger partial charge in [-0.1, -0.05) is 24.3 Å². The first-order valence-corrected chi connectivity index (χ1v) is 10.9. The predicted molar refractivity (Wildman–Crippen MR) is 115 cm³/mol. The molecule has 1 aliphatic carbocycles. The Kier molecular flexibility index (Phi) is 6.36. The molecule has 0 spiro atoms. The van der Waals surface area contributed by atoms with Gasteiger partial charge in [0.25, 0.3) is 5.91 Å². The standard InChI is InChI=1S/C24H33N3O2/c1-18-23(9-10-25-18)24(28)27(12-13-29-2)17-19-6-5-11-26(16-19)22-14-20-7-3-4-8-21(20)15-22/h3-4,7-10,19,22,25H,5-6,11-17H2,1-2H3/t19-/m0/s1. The quantitative estimate of drug-likeness (QED) is 0.783. The molecule has 0 saturated carbocycles. The van der Waals surface area contributed by atoms with Gasteiger partial charge in [-0.05, 0) is 62.3 Å². The first-order valence-electron chi connectivity index (χ1n) is 10.9. The second-order valence-corrected chi connectivity index (χ2v) is 8.59. The summed E-state index contributed by atoms with van der Waals surface area (Å²) in [6.07, 6.45) is 6.58. The Balaban J connectivity index is 1.40. The second kappa shape index (κ2) is 9.14. The molecule has 1 aliphatic heterocycles. The monoisotopic (exact) mass is 395 g/mol. The summed E-state index contributed by atoms with van der Waals surface area (Å²) in [6.45, 7) is 6.25. The number of benzene rings is 1. The second-order valence-electron chi connectivity index (χ2n) is 8.59. The van der Waals surface area contributed by atoms with Gasteiger partial charge in [-0.25, -0.2) is 0 Å². The topological polar surface area (TPSA) is 48.6 Å². The third kappa shape index (κ3) is 4.57. The molecular weight excluding hydrogens is 362 g/mol. The van der Waals surface area contributed by atoms with E-state index in [1.807, 2.05) is 24.1 Å². The van der Waals surface area contributed by atoms with Crippen LogP contribution in [-0.4, -0.2) is 66.6 Å². The molecule has 1 atom stereocenters. The predicted octanol–water partition coefficient (Wildman–Crippen LogP) is 3.29. The van der Waals surface area contributed by atoms with E-state index in [1.165, 1.54) is 30.5 Å². The minimum absolute atomic E-state index is 0.117. The van der Waals surface area contributed by atoms with Gasteiger partial charge in [-0.2, -0.15) is 0 Å². The van der Waals surface area contributed by atoms with Crippen LogP contribution >= 0.6 is 0 Å². The highest BCUT2D eigenvalue weighted by Crippen LogP contribution is 2.29. The van der Waals surface area contributed by atoms with Crippen LogP contribution in [0.4, 0.5) is 0 Å². The van der Waals surface area contributed by atoms with E-state index in [4.69, 9.17) is 4.74 Å². The Morgan fingerprint density at radius 1 is 1.24 bits per heavy atom. The molecule has 1 N–H and O–H groups in total. The number of likely N-dealkylation sites (tertiary alicyclic amines) is 1. The van der Waals surface area contributed by atoms with Crippen molar-refractivity contribution in [2.24, 2.45) is 5.92 Å². The molecule has 0 bridgehead atoms. The smallest absolute Gasteiger partial charge is 0.255 e. The number of aryl methyl sites for hydroxylation is 1. The number of nitrogens with one attached hydrogen (secondary N) is 1. The van der Waals surface area contributed by atoms with Crippen LogP contribution in [0.1, 0.15) is 40.0 Å². The van der Waals surface area contributed by atoms with Gasteiger partial charge >= 0.3 is 0 Å². The zero-order valence-electron chi connectivity index (χ0n) is 17.7. The number of amides is 1. The fourth-order valence-electron chi connectivity index (χ4n) is 5.02. The number of aromatic nitrogens is 1. The lowest BCUT2D eigenvalue weighted by molar-refractivity contribution is 0.0573. The van der Waals surface area contributed by atoms with E-state index < -0.39 is 0 Å². The van der Waals surface area contributed by atoms with Gasteiger partial charge in [0.15, 0.2) is 0 Å². The molecule has 1 amide bonds. The SMILES string of the molecule is COCCN(C[C@H]1CCCN(C2Cc3ccccc3C2)C1)C(=O)c1cc[nH]c1C. The van der Waals surface area contributed by atoms with Gasteiger partial charge in [0.2, 0.25) is 0 Å². The molecule has 2 heterocycles. The molecule has 5 heteroatoms. The van der Waals surface area contributed by atoms with Crippen LogP contribution in [0.15, 0.2) is 36.5 Å². The first kappa shape index (κ1) is 20.2. The van der Waals surface area contributed by atoms with Crippen LogP contribution < -0.4 is 0 Å². The molecule has 5 nitrogen and oxygen atoms in total. The molecule has 156 valence electrons. The van der Waals surface area contributed by atoms with E-state index in [9.17, 15) is 4.79 Å². The summed E-state index contributed by atoms with van der Waals surface area (Å²) in [4.78, 5) is 20.9. The van der Waals surface area contributed by atoms with Crippen molar-refractivity contribution >= 4 is 5.91 Å². The van der Waals surface area contributed by atoms with Crippen molar-refractivity contribution < 1.29 is 9.53 Å². The minimum atomic E-state index is 0.117. The molecule has 29 heavy (non-hydrogen) atoms. The number of fused-ring (bicyclic) bond motifs is 1. The zero-order valence-corrected chi connectivity index (χ0v) is 17.7. The van der Waals surface area contributed by atoms with Crippen LogP contribution in [-0.2, 0) is 17.6 Å². The number of carbonyl (C=O) groups excluding carboxylic acids is 1. The number of methoxy groups -OCH3 is 1. The zero-order chi connectivity index (χ0) is 20.2. The van der Waals surface area contributed by atoms with Gasteiger partial charge in [-0.15, -0.1) is 0 Å². The summed E-state index contributed by atoms with van der Waals surface area (Å²) in [6, 6.07) is 11.4. The maximum atomic E-state index is 13.1. The molecule has 1 saturated heterocycles. The van der Waals surface area contributed by atoms with Crippen molar-refractivity contribution in [2.75, 3.05) is 39.9 Å². The average Bonchev–Trinajstić information content (AvgIpc) is 3.37. The summed E-state index contributed by atoms with van der Waals surface area (Å²) in [5.74, 6) is 0.638. The Hall–Kier alpha value is -2.11. The highest BCUT2D eigenvalue weighted by atomic mass is 16.5. The average molecular weight is 396 g/mol. The molecule has 0 unspecified atom stereocenters. The van der Waals surface area contributed by atoms with Gasteiger partial charge < -0.3 is 14.6 Å². The number of nitrogens with zero attached hydrogens (tertiary/aromatic N) is 2. The Labute approximate surface area is 174 Å². The van der Waals surface area contributed by atoms with Crippen LogP contribution in [0.3, 0.4) is 0 Å². The maximum Gasteiger partial charge on any atom is 0.255 e. The molecule has 2 aliphatic rings. The number of piperidine rings is 1. The van der Waals surface area contributed by atoms with E-state index in [0.717, 1.165) is 37.2 Å². The van der Waals surface area contributed by atoms with E-state index in [2.05, 4.69) is 34.1 Å². The lowest BCUT2D eigenvalue weighted by Gasteiger charge is -2.38. The minimum Gasteiger partial charge on any atom is -0.383 e. The summed E-state index contributed by atoms with van der Waals surface area (Å²) >= 11 is 0. The molecule has 1 fully saturated rings. The van der Waals surface area contributed by atoms with E-state index in [0.29, 0.717) is 25.1 Å². The molecule has 1 aromatic heterocycles. The van der Waals surface area contributed by atoms with E-state index in [1.54, 1.807) is 7.11 Å². The number of rotatable bonds is 7. The van der Waals surface area contributed by atoms with Crippen molar-refractivity contribution in [3.05, 3.63) is 58.9 Å².